The summed E-state index contributed by atoms with van der Waals surface area (Å²) >= 11 is 0. The van der Waals surface area contributed by atoms with Crippen LogP contribution in [0.5, 0.6) is 0 Å². The summed E-state index contributed by atoms with van der Waals surface area (Å²) in [4.78, 5) is 8.16. The molecule has 0 atom stereocenters. The first-order chi connectivity index (χ1) is 9.36. The number of anilines is 1. The molecular formula is C15H10N4. The number of aromatic nitrogens is 2. The van der Waals surface area contributed by atoms with Crippen molar-refractivity contribution in [3.05, 3.63) is 54.9 Å². The zero-order valence-electron chi connectivity index (χ0n) is 10.0. The van der Waals surface area contributed by atoms with Crippen molar-refractivity contribution in [3.8, 4) is 17.3 Å². The first-order valence-electron chi connectivity index (χ1n) is 5.83. The predicted molar refractivity (Wildman–Crippen MR) is 74.2 cm³/mol. The third-order valence-electron chi connectivity index (χ3n) is 2.90. The number of benzene rings is 2. The Morgan fingerprint density at radius 1 is 0.895 bits per heavy atom. The number of hydrogen-bond acceptors (Lipinski definition) is 4. The van der Waals surface area contributed by atoms with E-state index in [0.29, 0.717) is 5.95 Å². The van der Waals surface area contributed by atoms with Crippen LogP contribution in [0, 0.1) is 11.5 Å². The smallest absolute Gasteiger partial charge is 0.236 e. The molecule has 0 aliphatic heterocycles. The van der Waals surface area contributed by atoms with Crippen molar-refractivity contribution in [1.82, 2.24) is 9.97 Å². The van der Waals surface area contributed by atoms with Crippen LogP contribution in [0.2, 0.25) is 0 Å². The SMILES string of the molecule is N#CNc1ncc(-c2ccc3ccccc3c2)cn1. The Morgan fingerprint density at radius 3 is 2.37 bits per heavy atom. The lowest BCUT2D eigenvalue weighted by molar-refractivity contribution is 1.17. The lowest BCUT2D eigenvalue weighted by Crippen LogP contribution is -1.94. The van der Waals surface area contributed by atoms with Crippen LogP contribution in [0.1, 0.15) is 0 Å². The molecule has 4 heteroatoms. The fraction of sp³-hybridized carbons (Fsp3) is 0. The molecule has 0 radical (unpaired) electrons. The van der Waals surface area contributed by atoms with Crippen molar-refractivity contribution in [1.29, 1.82) is 5.26 Å². The molecular weight excluding hydrogens is 236 g/mol. The molecule has 1 aromatic heterocycles. The molecule has 3 rings (SSSR count). The van der Waals surface area contributed by atoms with Crippen LogP contribution < -0.4 is 5.32 Å². The standard InChI is InChI=1S/C15H10N4/c16-10-19-15-17-8-14(9-18-15)13-6-5-11-3-1-2-4-12(11)7-13/h1-9H,(H,17,18,19). The van der Waals surface area contributed by atoms with Crippen molar-refractivity contribution in [2.45, 2.75) is 0 Å². The summed E-state index contributed by atoms with van der Waals surface area (Å²) in [5.74, 6) is 0.312. The monoisotopic (exact) mass is 246 g/mol. The number of rotatable bonds is 2. The van der Waals surface area contributed by atoms with Gasteiger partial charge >= 0.3 is 0 Å². The highest BCUT2D eigenvalue weighted by Crippen LogP contribution is 2.23. The summed E-state index contributed by atoms with van der Waals surface area (Å²) < 4.78 is 0. The van der Waals surface area contributed by atoms with E-state index in [1.165, 1.54) is 10.8 Å². The van der Waals surface area contributed by atoms with Crippen molar-refractivity contribution in [2.24, 2.45) is 0 Å². The Hall–Kier alpha value is -2.93. The van der Waals surface area contributed by atoms with Crippen LogP contribution >= 0.6 is 0 Å². The minimum atomic E-state index is 0.312. The zero-order chi connectivity index (χ0) is 13.1. The Kier molecular flexibility index (Phi) is 2.79. The molecule has 3 aromatic rings. The largest absolute Gasteiger partial charge is 0.261 e. The van der Waals surface area contributed by atoms with E-state index in [2.05, 4.69) is 39.6 Å². The number of nitriles is 1. The predicted octanol–water partition coefficient (Wildman–Crippen LogP) is 3.19. The van der Waals surface area contributed by atoms with Gasteiger partial charge in [0.25, 0.3) is 0 Å². The number of hydrogen-bond donors (Lipinski definition) is 1. The van der Waals surface area contributed by atoms with Gasteiger partial charge in [-0.1, -0.05) is 36.4 Å². The fourth-order valence-electron chi connectivity index (χ4n) is 1.96. The number of fused-ring (bicyclic) bond motifs is 1. The molecule has 0 spiro atoms. The normalized spacial score (nSPS) is 10.1. The van der Waals surface area contributed by atoms with Crippen molar-refractivity contribution in [2.75, 3.05) is 5.32 Å². The van der Waals surface area contributed by atoms with E-state index in [0.717, 1.165) is 11.1 Å². The summed E-state index contributed by atoms with van der Waals surface area (Å²) in [5.41, 5.74) is 1.98. The molecule has 0 saturated heterocycles. The zero-order valence-corrected chi connectivity index (χ0v) is 10.0. The molecule has 0 bridgehead atoms. The molecule has 0 aliphatic rings. The molecule has 90 valence electrons. The van der Waals surface area contributed by atoms with Crippen LogP contribution in [-0.4, -0.2) is 9.97 Å². The van der Waals surface area contributed by atoms with Gasteiger partial charge in [0.2, 0.25) is 5.95 Å². The first-order valence-corrected chi connectivity index (χ1v) is 5.83. The van der Waals surface area contributed by atoms with Gasteiger partial charge in [-0.3, -0.25) is 5.32 Å². The Balaban J connectivity index is 2.01. The molecule has 0 saturated carbocycles. The minimum Gasteiger partial charge on any atom is -0.261 e. The van der Waals surface area contributed by atoms with Crippen LogP contribution in [0.25, 0.3) is 21.9 Å². The lowest BCUT2D eigenvalue weighted by Gasteiger charge is -2.04. The van der Waals surface area contributed by atoms with Crippen LogP contribution in [0.15, 0.2) is 54.9 Å². The maximum absolute atomic E-state index is 8.48. The number of nitrogens with zero attached hydrogens (tertiary/aromatic N) is 3. The highest BCUT2D eigenvalue weighted by Gasteiger charge is 2.01. The van der Waals surface area contributed by atoms with Crippen LogP contribution in [0.4, 0.5) is 5.95 Å². The summed E-state index contributed by atoms with van der Waals surface area (Å²) in [6.07, 6.45) is 5.20. The third-order valence-corrected chi connectivity index (χ3v) is 2.90. The van der Waals surface area contributed by atoms with E-state index in [9.17, 15) is 0 Å². The third kappa shape index (κ3) is 2.22. The summed E-state index contributed by atoms with van der Waals surface area (Å²) in [6.45, 7) is 0. The average molecular weight is 246 g/mol. The molecule has 4 nitrogen and oxygen atoms in total. The van der Waals surface area contributed by atoms with Crippen molar-refractivity contribution >= 4 is 16.7 Å². The van der Waals surface area contributed by atoms with Gasteiger partial charge in [-0.15, -0.1) is 0 Å². The van der Waals surface area contributed by atoms with Crippen LogP contribution in [-0.2, 0) is 0 Å². The minimum absolute atomic E-state index is 0.312. The molecule has 2 aromatic carbocycles. The molecule has 0 amide bonds. The molecule has 0 fully saturated rings. The maximum atomic E-state index is 8.48. The molecule has 0 aliphatic carbocycles. The quantitative estimate of drug-likeness (QED) is 0.557. The molecule has 1 N–H and O–H groups in total. The van der Waals surface area contributed by atoms with Gasteiger partial charge in [0.1, 0.15) is 0 Å². The van der Waals surface area contributed by atoms with Gasteiger partial charge in [-0.25, -0.2) is 9.97 Å². The van der Waals surface area contributed by atoms with E-state index in [-0.39, 0.29) is 0 Å². The van der Waals surface area contributed by atoms with Crippen molar-refractivity contribution < 1.29 is 0 Å². The van der Waals surface area contributed by atoms with Gasteiger partial charge in [-0.05, 0) is 22.4 Å². The van der Waals surface area contributed by atoms with Gasteiger partial charge < -0.3 is 0 Å². The topological polar surface area (TPSA) is 61.6 Å². The lowest BCUT2D eigenvalue weighted by atomic mass is 10.0. The number of nitrogens with one attached hydrogen (secondary N) is 1. The van der Waals surface area contributed by atoms with Gasteiger partial charge in [0.05, 0.1) is 0 Å². The second-order valence-electron chi connectivity index (χ2n) is 4.09. The Bertz CT molecular complexity index is 757. The van der Waals surface area contributed by atoms with E-state index < -0.39 is 0 Å². The average Bonchev–Trinajstić information content (AvgIpc) is 2.48. The summed E-state index contributed by atoms with van der Waals surface area (Å²) in [6, 6.07) is 14.4. The second-order valence-corrected chi connectivity index (χ2v) is 4.09. The molecule has 1 heterocycles. The summed E-state index contributed by atoms with van der Waals surface area (Å²) in [7, 11) is 0. The Morgan fingerprint density at radius 2 is 1.63 bits per heavy atom. The van der Waals surface area contributed by atoms with Gasteiger partial charge in [0.15, 0.2) is 6.19 Å². The Labute approximate surface area is 110 Å². The fourth-order valence-corrected chi connectivity index (χ4v) is 1.96. The highest BCUT2D eigenvalue weighted by molar-refractivity contribution is 5.87. The van der Waals surface area contributed by atoms with Gasteiger partial charge in [0, 0.05) is 18.0 Å². The van der Waals surface area contributed by atoms with Crippen molar-refractivity contribution in [3.63, 3.8) is 0 Å². The van der Waals surface area contributed by atoms with E-state index in [4.69, 9.17) is 5.26 Å². The van der Waals surface area contributed by atoms with E-state index in [1.54, 1.807) is 18.6 Å². The molecule has 0 unspecified atom stereocenters. The highest BCUT2D eigenvalue weighted by atomic mass is 15.1. The summed E-state index contributed by atoms with van der Waals surface area (Å²) in [5, 5.41) is 13.3. The first kappa shape index (κ1) is 11.2. The molecule has 19 heavy (non-hydrogen) atoms. The van der Waals surface area contributed by atoms with Gasteiger partial charge in [-0.2, -0.15) is 5.26 Å². The van der Waals surface area contributed by atoms with E-state index in [1.807, 2.05) is 18.2 Å². The second kappa shape index (κ2) is 4.75. The maximum Gasteiger partial charge on any atom is 0.236 e. The van der Waals surface area contributed by atoms with E-state index >= 15 is 0 Å². The van der Waals surface area contributed by atoms with Crippen LogP contribution in [0.3, 0.4) is 0 Å².